The van der Waals surface area contributed by atoms with Crippen LogP contribution in [-0.2, 0) is 17.7 Å². The lowest BCUT2D eigenvalue weighted by Gasteiger charge is -2.19. The number of nitrogens with zero attached hydrogens (tertiary/aromatic N) is 1. The van der Waals surface area contributed by atoms with Crippen LogP contribution in [0.25, 0.3) is 0 Å². The van der Waals surface area contributed by atoms with Gasteiger partial charge >= 0.3 is 0 Å². The third-order valence-corrected chi connectivity index (χ3v) is 3.27. The summed E-state index contributed by atoms with van der Waals surface area (Å²) < 4.78 is 5.49. The Kier molecular flexibility index (Phi) is 2.46. The number of H-pyrrole nitrogens is 1. The van der Waals surface area contributed by atoms with E-state index in [-0.39, 0.29) is 0 Å². The fourth-order valence-corrected chi connectivity index (χ4v) is 2.39. The maximum Gasteiger partial charge on any atom is 0.112 e. The van der Waals surface area contributed by atoms with Gasteiger partial charge in [0.1, 0.15) is 5.82 Å². The summed E-state index contributed by atoms with van der Waals surface area (Å²) in [5.41, 5.74) is 2.54. The van der Waals surface area contributed by atoms with Crippen molar-refractivity contribution in [1.29, 1.82) is 0 Å². The van der Waals surface area contributed by atoms with Gasteiger partial charge in [-0.25, -0.2) is 4.98 Å². The zero-order valence-corrected chi connectivity index (χ0v) is 8.88. The van der Waals surface area contributed by atoms with E-state index in [1.54, 1.807) is 0 Å². The van der Waals surface area contributed by atoms with Crippen LogP contribution in [0.3, 0.4) is 0 Å². The normalized spacial score (nSPS) is 26.3. The molecule has 2 aliphatic rings. The quantitative estimate of drug-likeness (QED) is 0.721. The van der Waals surface area contributed by atoms with Crippen LogP contribution in [0.2, 0.25) is 0 Å². The van der Waals surface area contributed by atoms with Gasteiger partial charge in [0, 0.05) is 32.0 Å². The van der Waals surface area contributed by atoms with Gasteiger partial charge in [-0.2, -0.15) is 0 Å². The first-order valence-electron chi connectivity index (χ1n) is 5.79. The molecule has 82 valence electrons. The summed E-state index contributed by atoms with van der Waals surface area (Å²) in [4.78, 5) is 8.15. The number of hydrogen-bond donors (Lipinski definition) is 2. The molecule has 1 atom stereocenters. The van der Waals surface area contributed by atoms with Gasteiger partial charge in [0.05, 0.1) is 18.0 Å². The number of hydrogen-bond acceptors (Lipinski definition) is 3. The molecule has 0 radical (unpaired) electrons. The first-order valence-corrected chi connectivity index (χ1v) is 5.79. The van der Waals surface area contributed by atoms with Gasteiger partial charge in [0.2, 0.25) is 0 Å². The lowest BCUT2D eigenvalue weighted by molar-refractivity contribution is 0.0782. The minimum atomic E-state index is 0.490. The lowest BCUT2D eigenvalue weighted by atomic mass is 10.0. The van der Waals surface area contributed by atoms with Crippen molar-refractivity contribution in [2.45, 2.75) is 31.7 Å². The van der Waals surface area contributed by atoms with E-state index in [0.717, 1.165) is 45.0 Å². The summed E-state index contributed by atoms with van der Waals surface area (Å²) in [6.07, 6.45) is 3.42. The highest BCUT2D eigenvalue weighted by Gasteiger charge is 2.22. The minimum Gasteiger partial charge on any atom is -0.381 e. The van der Waals surface area contributed by atoms with Crippen molar-refractivity contribution in [3.63, 3.8) is 0 Å². The van der Waals surface area contributed by atoms with E-state index in [9.17, 15) is 0 Å². The van der Waals surface area contributed by atoms with Crippen molar-refractivity contribution in [1.82, 2.24) is 15.3 Å². The van der Waals surface area contributed by atoms with E-state index in [0.29, 0.717) is 5.92 Å². The molecule has 2 aliphatic heterocycles. The highest BCUT2D eigenvalue weighted by Crippen LogP contribution is 2.24. The molecule has 15 heavy (non-hydrogen) atoms. The first-order chi connectivity index (χ1) is 7.43. The summed E-state index contributed by atoms with van der Waals surface area (Å²) in [7, 11) is 0. The third-order valence-electron chi connectivity index (χ3n) is 3.27. The number of ether oxygens (including phenoxy) is 1. The Labute approximate surface area is 89.4 Å². The fraction of sp³-hybridized carbons (Fsp3) is 0.727. The molecule has 3 rings (SSSR count). The number of imidazole rings is 1. The average molecular weight is 207 g/mol. The van der Waals surface area contributed by atoms with Crippen molar-refractivity contribution in [2.75, 3.05) is 19.8 Å². The molecule has 1 aromatic heterocycles. The smallest absolute Gasteiger partial charge is 0.112 e. The van der Waals surface area contributed by atoms with Gasteiger partial charge in [0.25, 0.3) is 0 Å². The SMILES string of the molecule is C1COCC(c2nc3c([nH]2)CNCC3)C1. The topological polar surface area (TPSA) is 49.9 Å². The van der Waals surface area contributed by atoms with Crippen LogP contribution in [0, 0.1) is 0 Å². The molecule has 1 unspecified atom stereocenters. The van der Waals surface area contributed by atoms with E-state index in [2.05, 4.69) is 10.3 Å². The zero-order valence-electron chi connectivity index (χ0n) is 8.88. The van der Waals surface area contributed by atoms with Gasteiger partial charge in [-0.3, -0.25) is 0 Å². The molecule has 1 saturated heterocycles. The predicted molar refractivity (Wildman–Crippen MR) is 56.8 cm³/mol. The summed E-state index contributed by atoms with van der Waals surface area (Å²) >= 11 is 0. The molecule has 0 saturated carbocycles. The maximum absolute atomic E-state index is 5.49. The Morgan fingerprint density at radius 1 is 1.40 bits per heavy atom. The van der Waals surface area contributed by atoms with Gasteiger partial charge in [0.15, 0.2) is 0 Å². The molecule has 3 heterocycles. The van der Waals surface area contributed by atoms with Crippen LogP contribution in [-0.4, -0.2) is 29.7 Å². The number of aromatic nitrogens is 2. The van der Waals surface area contributed by atoms with Gasteiger partial charge in [-0.15, -0.1) is 0 Å². The average Bonchev–Trinajstić information content (AvgIpc) is 2.74. The highest BCUT2D eigenvalue weighted by molar-refractivity contribution is 5.19. The van der Waals surface area contributed by atoms with Gasteiger partial charge in [-0.05, 0) is 12.8 Å². The molecule has 0 bridgehead atoms. The Hall–Kier alpha value is -0.870. The van der Waals surface area contributed by atoms with Crippen LogP contribution in [0.15, 0.2) is 0 Å². The molecule has 4 heteroatoms. The Bertz CT molecular complexity index is 318. The third kappa shape index (κ3) is 1.79. The van der Waals surface area contributed by atoms with Crippen molar-refractivity contribution in [2.24, 2.45) is 0 Å². The monoisotopic (exact) mass is 207 g/mol. The van der Waals surface area contributed by atoms with Crippen molar-refractivity contribution in [3.05, 3.63) is 17.2 Å². The molecular formula is C11H17N3O. The summed E-state index contributed by atoms with van der Waals surface area (Å²) in [5.74, 6) is 1.63. The Morgan fingerprint density at radius 2 is 2.40 bits per heavy atom. The number of rotatable bonds is 1. The molecular weight excluding hydrogens is 190 g/mol. The van der Waals surface area contributed by atoms with E-state index < -0.39 is 0 Å². The van der Waals surface area contributed by atoms with Gasteiger partial charge < -0.3 is 15.0 Å². The zero-order chi connectivity index (χ0) is 10.1. The standard InChI is InChI=1S/C11H17N3O/c1-2-8(7-15-5-1)11-13-9-3-4-12-6-10(9)14-11/h8,12H,1-7H2,(H,13,14). The van der Waals surface area contributed by atoms with E-state index in [4.69, 9.17) is 9.72 Å². The molecule has 0 aliphatic carbocycles. The number of nitrogens with one attached hydrogen (secondary N) is 2. The highest BCUT2D eigenvalue weighted by atomic mass is 16.5. The van der Waals surface area contributed by atoms with Crippen LogP contribution in [0.5, 0.6) is 0 Å². The summed E-state index contributed by atoms with van der Waals surface area (Å²) in [6, 6.07) is 0. The number of fused-ring (bicyclic) bond motifs is 1. The second-order valence-corrected chi connectivity index (χ2v) is 4.39. The molecule has 0 aromatic carbocycles. The predicted octanol–water partition coefficient (Wildman–Crippen LogP) is 0.949. The number of aromatic amines is 1. The van der Waals surface area contributed by atoms with Crippen molar-refractivity contribution < 1.29 is 4.74 Å². The molecule has 0 amide bonds. The lowest BCUT2D eigenvalue weighted by Crippen LogP contribution is -2.23. The molecule has 0 spiro atoms. The molecule has 4 nitrogen and oxygen atoms in total. The Morgan fingerprint density at radius 3 is 3.20 bits per heavy atom. The summed E-state index contributed by atoms with van der Waals surface area (Å²) in [6.45, 7) is 3.74. The summed E-state index contributed by atoms with van der Waals surface area (Å²) in [5, 5.41) is 3.35. The molecule has 1 aromatic rings. The Balaban J connectivity index is 1.82. The van der Waals surface area contributed by atoms with Crippen LogP contribution >= 0.6 is 0 Å². The maximum atomic E-state index is 5.49. The van der Waals surface area contributed by atoms with Crippen LogP contribution in [0.1, 0.15) is 36.0 Å². The van der Waals surface area contributed by atoms with Gasteiger partial charge in [-0.1, -0.05) is 0 Å². The van der Waals surface area contributed by atoms with Crippen molar-refractivity contribution in [3.8, 4) is 0 Å². The van der Waals surface area contributed by atoms with E-state index in [1.165, 1.54) is 17.8 Å². The second-order valence-electron chi connectivity index (χ2n) is 4.39. The minimum absolute atomic E-state index is 0.490. The van der Waals surface area contributed by atoms with Crippen LogP contribution in [0.4, 0.5) is 0 Å². The largest absolute Gasteiger partial charge is 0.381 e. The fourth-order valence-electron chi connectivity index (χ4n) is 2.39. The van der Waals surface area contributed by atoms with Crippen molar-refractivity contribution >= 4 is 0 Å². The second kappa shape index (κ2) is 3.94. The van der Waals surface area contributed by atoms with E-state index >= 15 is 0 Å². The molecule has 2 N–H and O–H groups in total. The van der Waals surface area contributed by atoms with E-state index in [1.807, 2.05) is 0 Å². The first kappa shape index (κ1) is 9.36. The molecule has 1 fully saturated rings. The van der Waals surface area contributed by atoms with Crippen LogP contribution < -0.4 is 5.32 Å².